The minimum Gasteiger partial charge on any atom is -0.493 e. The van der Waals surface area contributed by atoms with Gasteiger partial charge in [0, 0.05) is 10.6 Å². The van der Waals surface area contributed by atoms with Gasteiger partial charge in [-0.15, -0.1) is 11.3 Å². The zero-order valence-electron chi connectivity index (χ0n) is 22.5. The van der Waals surface area contributed by atoms with Crippen molar-refractivity contribution in [3.63, 3.8) is 0 Å². The first kappa shape index (κ1) is 26.7. The largest absolute Gasteiger partial charge is 0.493 e. The first-order valence-corrected chi connectivity index (χ1v) is 13.4. The van der Waals surface area contributed by atoms with E-state index in [1.165, 1.54) is 4.88 Å². The van der Waals surface area contributed by atoms with Crippen molar-refractivity contribution in [2.45, 2.75) is 53.4 Å². The molecule has 2 aromatic carbocycles. The fourth-order valence-corrected chi connectivity index (χ4v) is 6.24. The third-order valence-electron chi connectivity index (χ3n) is 7.18. The Balaban J connectivity index is 1.62. The molecule has 0 saturated heterocycles. The molecule has 6 nitrogen and oxygen atoms in total. The van der Waals surface area contributed by atoms with Crippen molar-refractivity contribution in [2.75, 3.05) is 24.9 Å². The number of ether oxygens (including phenoxy) is 2. The number of rotatable bonds is 7. The summed E-state index contributed by atoms with van der Waals surface area (Å²) in [5.41, 5.74) is 4.41. The van der Waals surface area contributed by atoms with Gasteiger partial charge in [0.25, 0.3) is 5.91 Å². The van der Waals surface area contributed by atoms with Crippen LogP contribution in [0.15, 0.2) is 42.5 Å². The van der Waals surface area contributed by atoms with E-state index >= 15 is 0 Å². The maximum atomic E-state index is 13.6. The van der Waals surface area contributed by atoms with E-state index < -0.39 is 0 Å². The molecule has 3 aromatic rings. The summed E-state index contributed by atoms with van der Waals surface area (Å²) in [6.07, 6.45) is 2.93. The average molecular weight is 521 g/mol. The van der Waals surface area contributed by atoms with Crippen molar-refractivity contribution in [2.24, 2.45) is 11.3 Å². The van der Waals surface area contributed by atoms with E-state index in [1.807, 2.05) is 37.3 Å². The monoisotopic (exact) mass is 520 g/mol. The number of thiophene rings is 1. The topological polar surface area (TPSA) is 76.7 Å². The summed E-state index contributed by atoms with van der Waals surface area (Å²) in [7, 11) is 3.15. The lowest BCUT2D eigenvalue weighted by molar-refractivity contribution is -0.115. The van der Waals surface area contributed by atoms with Crippen LogP contribution < -0.4 is 20.1 Å². The first-order chi connectivity index (χ1) is 17.6. The van der Waals surface area contributed by atoms with Gasteiger partial charge in [-0.05, 0) is 72.4 Å². The maximum Gasteiger partial charge on any atom is 0.258 e. The van der Waals surface area contributed by atoms with Crippen LogP contribution in [0.25, 0.3) is 0 Å². The Morgan fingerprint density at radius 1 is 1.03 bits per heavy atom. The fraction of sp³-hybridized carbons (Fsp3) is 0.400. The summed E-state index contributed by atoms with van der Waals surface area (Å²) < 4.78 is 10.7. The number of amides is 2. The van der Waals surface area contributed by atoms with Crippen LogP contribution in [0.4, 0.5) is 10.7 Å². The van der Waals surface area contributed by atoms with Crippen molar-refractivity contribution in [3.8, 4) is 11.5 Å². The molecule has 2 amide bonds. The van der Waals surface area contributed by atoms with Gasteiger partial charge in [-0.3, -0.25) is 9.59 Å². The van der Waals surface area contributed by atoms with E-state index in [1.54, 1.807) is 37.7 Å². The number of anilines is 2. The Morgan fingerprint density at radius 3 is 2.43 bits per heavy atom. The average Bonchev–Trinajstić information content (AvgIpc) is 3.21. The molecule has 2 N–H and O–H groups in total. The zero-order chi connectivity index (χ0) is 26.7. The second-order valence-electron chi connectivity index (χ2n) is 10.7. The number of carbonyl (C=O) groups excluding carboxylic acids is 2. The van der Waals surface area contributed by atoms with Crippen LogP contribution in [0.3, 0.4) is 0 Å². The number of carbonyl (C=O) groups is 2. The van der Waals surface area contributed by atoms with Crippen LogP contribution in [0.1, 0.15) is 59.1 Å². The van der Waals surface area contributed by atoms with E-state index in [9.17, 15) is 9.59 Å². The lowest BCUT2D eigenvalue weighted by Crippen LogP contribution is -2.27. The van der Waals surface area contributed by atoms with E-state index in [2.05, 4.69) is 31.4 Å². The minimum atomic E-state index is -0.178. The normalized spacial score (nSPS) is 15.0. The van der Waals surface area contributed by atoms with E-state index in [0.717, 1.165) is 41.6 Å². The third-order valence-corrected chi connectivity index (χ3v) is 8.35. The van der Waals surface area contributed by atoms with Crippen molar-refractivity contribution < 1.29 is 19.1 Å². The highest BCUT2D eigenvalue weighted by Gasteiger charge is 2.34. The number of fused-ring (bicyclic) bond motifs is 1. The number of methoxy groups -OCH3 is 2. The molecule has 0 radical (unpaired) electrons. The van der Waals surface area contributed by atoms with Crippen LogP contribution >= 0.6 is 11.3 Å². The summed E-state index contributed by atoms with van der Waals surface area (Å²) >= 11 is 1.54. The molecule has 196 valence electrons. The summed E-state index contributed by atoms with van der Waals surface area (Å²) in [4.78, 5) is 28.0. The highest BCUT2D eigenvalue weighted by Crippen LogP contribution is 2.44. The van der Waals surface area contributed by atoms with Gasteiger partial charge in [-0.2, -0.15) is 0 Å². The molecule has 0 saturated carbocycles. The summed E-state index contributed by atoms with van der Waals surface area (Å²) in [5, 5.41) is 6.77. The standard InChI is InChI=1S/C30H36N2O4S/c1-18-9-7-8-10-22(18)31-28(34)27-21-13-12-20(30(2,3)4)17-25(21)37-29(27)32-26(33)16-19-11-14-23(35-5)24(15-19)36-6/h7-11,14-15,20H,12-13,16-17H2,1-6H3,(H,31,34)(H,32,33). The molecule has 1 heterocycles. The Bertz CT molecular complexity index is 1310. The van der Waals surface area contributed by atoms with Gasteiger partial charge in [-0.25, -0.2) is 0 Å². The predicted molar refractivity (Wildman–Crippen MR) is 150 cm³/mol. The van der Waals surface area contributed by atoms with Gasteiger partial charge in [0.05, 0.1) is 26.2 Å². The molecule has 0 bridgehead atoms. The summed E-state index contributed by atoms with van der Waals surface area (Å²) in [6, 6.07) is 13.2. The van der Waals surface area contributed by atoms with Crippen LogP contribution in [-0.2, 0) is 24.1 Å². The minimum absolute atomic E-state index is 0.159. The SMILES string of the molecule is COc1ccc(CC(=O)Nc2sc3c(c2C(=O)Nc2ccccc2C)CCC(C(C)(C)C)C3)cc1OC. The number of hydrogen-bond donors (Lipinski definition) is 2. The van der Waals surface area contributed by atoms with Crippen LogP contribution in [0.2, 0.25) is 0 Å². The molecule has 0 fully saturated rings. The second kappa shape index (κ2) is 11.0. The molecular formula is C30H36N2O4S. The van der Waals surface area contributed by atoms with Gasteiger partial charge < -0.3 is 20.1 Å². The van der Waals surface area contributed by atoms with Gasteiger partial charge in [0.2, 0.25) is 5.91 Å². The van der Waals surface area contributed by atoms with E-state index in [0.29, 0.717) is 28.0 Å². The Labute approximate surface area is 223 Å². The molecule has 0 spiro atoms. The number of nitrogens with one attached hydrogen (secondary N) is 2. The van der Waals surface area contributed by atoms with E-state index in [-0.39, 0.29) is 23.7 Å². The van der Waals surface area contributed by atoms with Gasteiger partial charge >= 0.3 is 0 Å². The van der Waals surface area contributed by atoms with Crippen LogP contribution in [0.5, 0.6) is 11.5 Å². The Hall–Kier alpha value is -3.32. The van der Waals surface area contributed by atoms with Gasteiger partial charge in [0.1, 0.15) is 5.00 Å². The Morgan fingerprint density at radius 2 is 1.76 bits per heavy atom. The second-order valence-corrected chi connectivity index (χ2v) is 11.8. The number of aryl methyl sites for hydroxylation is 1. The number of hydrogen-bond acceptors (Lipinski definition) is 5. The highest BCUT2D eigenvalue weighted by atomic mass is 32.1. The molecule has 37 heavy (non-hydrogen) atoms. The van der Waals surface area contributed by atoms with Crippen molar-refractivity contribution in [1.29, 1.82) is 0 Å². The third kappa shape index (κ3) is 5.99. The van der Waals surface area contributed by atoms with Crippen LogP contribution in [-0.4, -0.2) is 26.0 Å². The van der Waals surface area contributed by atoms with Crippen molar-refractivity contribution in [3.05, 3.63) is 69.6 Å². The smallest absolute Gasteiger partial charge is 0.258 e. The lowest BCUT2D eigenvalue weighted by Gasteiger charge is -2.33. The van der Waals surface area contributed by atoms with E-state index in [4.69, 9.17) is 9.47 Å². The summed E-state index contributed by atoms with van der Waals surface area (Å²) in [5.74, 6) is 1.36. The molecule has 1 unspecified atom stereocenters. The summed E-state index contributed by atoms with van der Waals surface area (Å²) in [6.45, 7) is 8.79. The zero-order valence-corrected chi connectivity index (χ0v) is 23.3. The molecule has 7 heteroatoms. The molecular weight excluding hydrogens is 484 g/mol. The van der Waals surface area contributed by atoms with Gasteiger partial charge in [0.15, 0.2) is 11.5 Å². The number of para-hydroxylation sites is 1. The molecule has 1 aromatic heterocycles. The first-order valence-electron chi connectivity index (χ1n) is 12.6. The molecule has 1 aliphatic carbocycles. The maximum absolute atomic E-state index is 13.6. The van der Waals surface area contributed by atoms with Crippen molar-refractivity contribution >= 4 is 33.8 Å². The fourth-order valence-electron chi connectivity index (χ4n) is 4.90. The lowest BCUT2D eigenvalue weighted by atomic mass is 9.72. The Kier molecular flexibility index (Phi) is 7.93. The molecule has 1 atom stereocenters. The predicted octanol–water partition coefficient (Wildman–Crippen LogP) is 6.66. The van der Waals surface area contributed by atoms with Crippen LogP contribution in [0, 0.1) is 18.3 Å². The van der Waals surface area contributed by atoms with Crippen molar-refractivity contribution in [1.82, 2.24) is 0 Å². The molecule has 1 aliphatic rings. The molecule has 4 rings (SSSR count). The highest BCUT2D eigenvalue weighted by molar-refractivity contribution is 7.17. The number of benzene rings is 2. The molecule has 0 aliphatic heterocycles. The van der Waals surface area contributed by atoms with Gasteiger partial charge in [-0.1, -0.05) is 45.0 Å². The quantitative estimate of drug-likeness (QED) is 0.365.